The largest absolute Gasteiger partial charge is 0.495 e. The van der Waals surface area contributed by atoms with Crippen LogP contribution in [0.15, 0.2) is 18.2 Å². The monoisotopic (exact) mass is 258 g/mol. The van der Waals surface area contributed by atoms with Gasteiger partial charge in [-0.05, 0) is 37.5 Å². The lowest BCUT2D eigenvalue weighted by Gasteiger charge is -2.35. The summed E-state index contributed by atoms with van der Waals surface area (Å²) in [6.07, 6.45) is 6.50. The molecule has 0 spiro atoms. The maximum atomic E-state index is 8.97. The molecule has 0 heterocycles. The molecule has 0 unspecified atom stereocenters. The highest BCUT2D eigenvalue weighted by Crippen LogP contribution is 2.28. The molecule has 0 bridgehead atoms. The van der Waals surface area contributed by atoms with E-state index in [4.69, 9.17) is 10.00 Å². The molecule has 0 radical (unpaired) electrons. The van der Waals surface area contributed by atoms with Crippen molar-refractivity contribution in [3.05, 3.63) is 29.3 Å². The van der Waals surface area contributed by atoms with Crippen molar-refractivity contribution in [2.24, 2.45) is 0 Å². The molecule has 0 amide bonds. The topological polar surface area (TPSA) is 45.0 Å². The fourth-order valence-corrected chi connectivity index (χ4v) is 2.76. The molecule has 3 heteroatoms. The van der Waals surface area contributed by atoms with E-state index in [1.165, 1.54) is 37.7 Å². The number of hydrogen-bond donors (Lipinski definition) is 1. The highest BCUT2D eigenvalue weighted by molar-refractivity contribution is 5.45. The summed E-state index contributed by atoms with van der Waals surface area (Å²) >= 11 is 0. The van der Waals surface area contributed by atoms with Gasteiger partial charge in [-0.1, -0.05) is 25.3 Å². The molecule has 1 aromatic rings. The van der Waals surface area contributed by atoms with Crippen molar-refractivity contribution < 1.29 is 4.74 Å². The smallest absolute Gasteiger partial charge is 0.136 e. The molecule has 0 aliphatic heterocycles. The van der Waals surface area contributed by atoms with Crippen molar-refractivity contribution >= 4 is 0 Å². The third-order valence-corrected chi connectivity index (χ3v) is 4.06. The number of nitrogens with zero attached hydrogens (tertiary/aromatic N) is 1. The van der Waals surface area contributed by atoms with Crippen molar-refractivity contribution in [3.8, 4) is 11.8 Å². The molecular formula is C16H22N2O. The fourth-order valence-electron chi connectivity index (χ4n) is 2.76. The van der Waals surface area contributed by atoms with Gasteiger partial charge in [0.25, 0.3) is 0 Å². The molecule has 0 saturated heterocycles. The summed E-state index contributed by atoms with van der Waals surface area (Å²) < 4.78 is 5.24. The second kappa shape index (κ2) is 6.08. The van der Waals surface area contributed by atoms with Crippen LogP contribution in [0.4, 0.5) is 0 Å². The zero-order valence-electron chi connectivity index (χ0n) is 11.8. The van der Waals surface area contributed by atoms with Gasteiger partial charge in [-0.2, -0.15) is 5.26 Å². The molecule has 19 heavy (non-hydrogen) atoms. The minimum atomic E-state index is 0.263. The average molecular weight is 258 g/mol. The van der Waals surface area contributed by atoms with E-state index in [9.17, 15) is 0 Å². The average Bonchev–Trinajstić information content (AvgIpc) is 2.45. The Morgan fingerprint density at radius 1 is 1.32 bits per heavy atom. The van der Waals surface area contributed by atoms with Crippen LogP contribution >= 0.6 is 0 Å². The van der Waals surface area contributed by atoms with E-state index in [0.717, 1.165) is 6.54 Å². The van der Waals surface area contributed by atoms with Gasteiger partial charge in [0, 0.05) is 12.1 Å². The van der Waals surface area contributed by atoms with Crippen LogP contribution in [-0.4, -0.2) is 12.6 Å². The molecule has 1 aromatic carbocycles. The van der Waals surface area contributed by atoms with Crippen LogP contribution in [0.5, 0.6) is 5.75 Å². The van der Waals surface area contributed by atoms with Crippen molar-refractivity contribution in [2.45, 2.75) is 51.1 Å². The fraction of sp³-hybridized carbons (Fsp3) is 0.562. The van der Waals surface area contributed by atoms with Crippen LogP contribution in [0, 0.1) is 11.3 Å². The maximum absolute atomic E-state index is 8.97. The Labute approximate surface area is 115 Å². The van der Waals surface area contributed by atoms with Crippen LogP contribution in [0.25, 0.3) is 0 Å². The molecule has 102 valence electrons. The highest BCUT2D eigenvalue weighted by Gasteiger charge is 2.25. The van der Waals surface area contributed by atoms with Gasteiger partial charge in [-0.25, -0.2) is 0 Å². The summed E-state index contributed by atoms with van der Waals surface area (Å²) in [4.78, 5) is 0. The van der Waals surface area contributed by atoms with Gasteiger partial charge >= 0.3 is 0 Å². The van der Waals surface area contributed by atoms with Crippen molar-refractivity contribution in [2.75, 3.05) is 7.11 Å². The van der Waals surface area contributed by atoms with E-state index in [-0.39, 0.29) is 5.54 Å². The predicted octanol–water partition coefficient (Wildman–Crippen LogP) is 3.38. The Hall–Kier alpha value is -1.53. The van der Waals surface area contributed by atoms with Gasteiger partial charge in [0.1, 0.15) is 11.8 Å². The van der Waals surface area contributed by atoms with E-state index in [2.05, 4.69) is 18.3 Å². The van der Waals surface area contributed by atoms with Crippen LogP contribution < -0.4 is 10.1 Å². The molecule has 1 aliphatic rings. The number of nitrogens with one attached hydrogen (secondary N) is 1. The lowest BCUT2D eigenvalue weighted by atomic mass is 9.83. The van der Waals surface area contributed by atoms with Gasteiger partial charge in [-0.15, -0.1) is 0 Å². The molecular weight excluding hydrogens is 236 g/mol. The zero-order valence-corrected chi connectivity index (χ0v) is 11.8. The normalized spacial score (nSPS) is 17.7. The van der Waals surface area contributed by atoms with Crippen molar-refractivity contribution in [1.82, 2.24) is 5.32 Å². The molecule has 2 rings (SSSR count). The van der Waals surface area contributed by atoms with Crippen molar-refractivity contribution in [1.29, 1.82) is 5.26 Å². The van der Waals surface area contributed by atoms with Gasteiger partial charge < -0.3 is 10.1 Å². The lowest BCUT2D eigenvalue weighted by molar-refractivity contribution is 0.252. The predicted molar refractivity (Wildman–Crippen MR) is 76.0 cm³/mol. The van der Waals surface area contributed by atoms with Crippen molar-refractivity contribution in [3.63, 3.8) is 0 Å². The number of rotatable bonds is 4. The molecule has 0 atom stereocenters. The summed E-state index contributed by atoms with van der Waals surface area (Å²) in [5.41, 5.74) is 2.03. The van der Waals surface area contributed by atoms with E-state index >= 15 is 0 Å². The number of methoxy groups -OCH3 is 1. The third kappa shape index (κ3) is 3.48. The van der Waals surface area contributed by atoms with Gasteiger partial charge in [-0.3, -0.25) is 0 Å². The molecule has 0 aromatic heterocycles. The van der Waals surface area contributed by atoms with Crippen LogP contribution in [0.2, 0.25) is 0 Å². The van der Waals surface area contributed by atoms with Crippen LogP contribution in [0.1, 0.15) is 50.2 Å². The van der Waals surface area contributed by atoms with E-state index in [1.54, 1.807) is 7.11 Å². The lowest BCUT2D eigenvalue weighted by Crippen LogP contribution is -2.43. The minimum absolute atomic E-state index is 0.263. The Morgan fingerprint density at radius 2 is 2.05 bits per heavy atom. The first-order valence-corrected chi connectivity index (χ1v) is 6.99. The first-order valence-electron chi connectivity index (χ1n) is 6.99. The Morgan fingerprint density at radius 3 is 2.68 bits per heavy atom. The molecule has 3 nitrogen and oxygen atoms in total. The Balaban J connectivity index is 2.01. The maximum Gasteiger partial charge on any atom is 0.136 e. The highest BCUT2D eigenvalue weighted by atomic mass is 16.5. The summed E-state index contributed by atoms with van der Waals surface area (Å²) in [6, 6.07) is 7.93. The molecule has 1 N–H and O–H groups in total. The van der Waals surface area contributed by atoms with Crippen LogP contribution in [-0.2, 0) is 6.54 Å². The second-order valence-electron chi connectivity index (χ2n) is 5.62. The van der Waals surface area contributed by atoms with Gasteiger partial charge in [0.05, 0.1) is 12.7 Å². The summed E-state index contributed by atoms with van der Waals surface area (Å²) in [5, 5.41) is 12.6. The summed E-state index contributed by atoms with van der Waals surface area (Å²) in [6.45, 7) is 3.14. The van der Waals surface area contributed by atoms with E-state index < -0.39 is 0 Å². The minimum Gasteiger partial charge on any atom is -0.495 e. The van der Waals surface area contributed by atoms with E-state index in [1.807, 2.05) is 18.2 Å². The quantitative estimate of drug-likeness (QED) is 0.900. The standard InChI is InChI=1S/C16H22N2O/c1-16(8-4-3-5-9-16)18-12-13-6-7-14(11-17)15(10-13)19-2/h6-7,10,18H,3-5,8-9,12H2,1-2H3. The number of hydrogen-bond acceptors (Lipinski definition) is 3. The Kier molecular flexibility index (Phi) is 4.44. The number of benzene rings is 1. The Bertz CT molecular complexity index is 470. The molecule has 1 saturated carbocycles. The van der Waals surface area contributed by atoms with E-state index in [0.29, 0.717) is 11.3 Å². The van der Waals surface area contributed by atoms with Crippen LogP contribution in [0.3, 0.4) is 0 Å². The molecule has 1 aliphatic carbocycles. The first kappa shape index (κ1) is 13.9. The zero-order chi connectivity index (χ0) is 13.7. The van der Waals surface area contributed by atoms with Gasteiger partial charge in [0.2, 0.25) is 0 Å². The SMILES string of the molecule is COc1cc(CNC2(C)CCCCC2)ccc1C#N. The number of nitriles is 1. The number of ether oxygens (including phenoxy) is 1. The second-order valence-corrected chi connectivity index (χ2v) is 5.62. The van der Waals surface area contributed by atoms with Gasteiger partial charge in [0.15, 0.2) is 0 Å². The third-order valence-electron chi connectivity index (χ3n) is 4.06. The summed E-state index contributed by atoms with van der Waals surface area (Å²) in [5.74, 6) is 0.663. The first-order chi connectivity index (χ1) is 9.17. The summed E-state index contributed by atoms with van der Waals surface area (Å²) in [7, 11) is 1.61. The molecule has 1 fully saturated rings.